The molecule has 11 nitrogen and oxygen atoms in total. The summed E-state index contributed by atoms with van der Waals surface area (Å²) in [6, 6.07) is 7.76. The number of aliphatic carboxylic acids is 1. The van der Waals surface area contributed by atoms with E-state index in [2.05, 4.69) is 24.5 Å². The summed E-state index contributed by atoms with van der Waals surface area (Å²) in [6.45, 7) is 6.33. The van der Waals surface area contributed by atoms with E-state index in [-0.39, 0.29) is 37.0 Å². The number of nitrogens with two attached hydrogens (primary N) is 2. The molecule has 0 aliphatic carbocycles. The van der Waals surface area contributed by atoms with E-state index in [1.54, 1.807) is 37.3 Å². The van der Waals surface area contributed by atoms with Crippen LogP contribution in [0, 0.1) is 11.8 Å². The summed E-state index contributed by atoms with van der Waals surface area (Å²) in [5, 5.41) is 14.8. The van der Waals surface area contributed by atoms with Crippen LogP contribution in [-0.4, -0.2) is 73.9 Å². The lowest BCUT2D eigenvalue weighted by Crippen LogP contribution is -2.51. The van der Waals surface area contributed by atoms with Gasteiger partial charge in [0.25, 0.3) is 0 Å². The third-order valence-electron chi connectivity index (χ3n) is 7.01. The molecule has 42 heavy (non-hydrogen) atoms. The molecule has 0 saturated heterocycles. The Balaban J connectivity index is 3.21. The van der Waals surface area contributed by atoms with Gasteiger partial charge in [-0.3, -0.25) is 14.4 Å². The number of rotatable bonds is 23. The van der Waals surface area contributed by atoms with Crippen LogP contribution in [0.1, 0.15) is 84.1 Å². The number of unbranched alkanes of at least 4 members (excludes halogenated alkanes) is 2. The molecule has 0 bridgehead atoms. The van der Waals surface area contributed by atoms with Gasteiger partial charge in [-0.1, -0.05) is 57.0 Å². The van der Waals surface area contributed by atoms with Crippen LogP contribution in [0.15, 0.2) is 30.3 Å². The summed E-state index contributed by atoms with van der Waals surface area (Å²) in [5.74, 6) is -1.83. The van der Waals surface area contributed by atoms with Crippen LogP contribution >= 0.6 is 0 Å². The van der Waals surface area contributed by atoms with Gasteiger partial charge in [0.2, 0.25) is 21.8 Å². The number of sulfonamides is 1. The Kier molecular flexibility index (Phi) is 18.2. The minimum absolute atomic E-state index is 0.0698. The highest BCUT2D eigenvalue weighted by atomic mass is 32.2. The third kappa shape index (κ3) is 16.2. The Hall–Kier alpha value is -2.54. The van der Waals surface area contributed by atoms with Gasteiger partial charge in [-0.05, 0) is 70.0 Å². The van der Waals surface area contributed by atoms with E-state index in [0.717, 1.165) is 23.6 Å². The van der Waals surface area contributed by atoms with Gasteiger partial charge in [-0.15, -0.1) is 0 Å². The molecule has 0 spiro atoms. The van der Waals surface area contributed by atoms with Gasteiger partial charge >= 0.3 is 5.97 Å². The van der Waals surface area contributed by atoms with Crippen molar-refractivity contribution < 1.29 is 27.9 Å². The lowest BCUT2D eigenvalue weighted by Gasteiger charge is -2.29. The highest BCUT2D eigenvalue weighted by Gasteiger charge is 2.30. The van der Waals surface area contributed by atoms with Crippen LogP contribution in [0.2, 0.25) is 0 Å². The number of nitrogens with one attached hydrogen (secondary N) is 2. The molecule has 3 atom stereocenters. The summed E-state index contributed by atoms with van der Waals surface area (Å²) in [7, 11) is -3.96. The van der Waals surface area contributed by atoms with Crippen molar-refractivity contribution in [2.45, 2.75) is 96.4 Å². The average Bonchev–Trinajstić information content (AvgIpc) is 2.91. The van der Waals surface area contributed by atoms with Crippen molar-refractivity contribution in [2.75, 3.05) is 26.2 Å². The Labute approximate surface area is 252 Å². The van der Waals surface area contributed by atoms with Crippen LogP contribution in [0.25, 0.3) is 0 Å². The fourth-order valence-corrected chi connectivity index (χ4v) is 6.33. The maximum Gasteiger partial charge on any atom is 0.303 e. The maximum atomic E-state index is 13.7. The van der Waals surface area contributed by atoms with Crippen molar-refractivity contribution in [2.24, 2.45) is 23.3 Å². The van der Waals surface area contributed by atoms with E-state index in [9.17, 15) is 22.8 Å². The molecule has 7 N–H and O–H groups in total. The lowest BCUT2D eigenvalue weighted by atomic mass is 9.91. The minimum Gasteiger partial charge on any atom is -0.481 e. The van der Waals surface area contributed by atoms with Crippen LogP contribution in [0.5, 0.6) is 0 Å². The zero-order valence-corrected chi connectivity index (χ0v) is 26.4. The quantitative estimate of drug-likeness (QED) is 0.117. The number of carbonyl (C=O) groups excluding carboxylic acids is 2. The van der Waals surface area contributed by atoms with Crippen molar-refractivity contribution in [1.82, 2.24) is 14.9 Å². The smallest absolute Gasteiger partial charge is 0.303 e. The molecule has 1 rings (SSSR count). The predicted molar refractivity (Wildman–Crippen MR) is 166 cm³/mol. The number of benzene rings is 1. The molecule has 1 aromatic carbocycles. The Morgan fingerprint density at radius 3 is 2.10 bits per heavy atom. The number of amides is 2. The summed E-state index contributed by atoms with van der Waals surface area (Å²) in [4.78, 5) is 37.4. The molecule has 0 aliphatic rings. The van der Waals surface area contributed by atoms with Crippen molar-refractivity contribution in [3.63, 3.8) is 0 Å². The van der Waals surface area contributed by atoms with Crippen molar-refractivity contribution in [3.05, 3.63) is 35.9 Å². The van der Waals surface area contributed by atoms with Gasteiger partial charge in [-0.25, -0.2) is 8.42 Å². The van der Waals surface area contributed by atoms with Crippen molar-refractivity contribution in [3.8, 4) is 0 Å². The summed E-state index contributed by atoms with van der Waals surface area (Å²) in [6.07, 6.45) is 5.08. The number of nitrogens with zero attached hydrogens (tertiary/aromatic N) is 1. The summed E-state index contributed by atoms with van der Waals surface area (Å²) >= 11 is 0. The van der Waals surface area contributed by atoms with Crippen molar-refractivity contribution in [1.29, 1.82) is 0 Å². The molecule has 0 fully saturated rings. The molecule has 0 heterocycles. The highest BCUT2D eigenvalue weighted by molar-refractivity contribution is 7.88. The first kappa shape index (κ1) is 37.5. The zero-order valence-electron chi connectivity index (χ0n) is 25.6. The average molecular weight is 612 g/mol. The lowest BCUT2D eigenvalue weighted by molar-refractivity contribution is -0.137. The van der Waals surface area contributed by atoms with E-state index in [1.165, 1.54) is 0 Å². The van der Waals surface area contributed by atoms with Crippen LogP contribution < -0.4 is 22.1 Å². The first-order chi connectivity index (χ1) is 19.9. The fourth-order valence-electron chi connectivity index (χ4n) is 4.81. The van der Waals surface area contributed by atoms with Gasteiger partial charge in [0.1, 0.15) is 0 Å². The first-order valence-electron chi connectivity index (χ1n) is 15.1. The molecule has 0 aliphatic heterocycles. The first-order valence-corrected chi connectivity index (χ1v) is 16.7. The van der Waals surface area contributed by atoms with E-state index in [1.807, 2.05) is 0 Å². The molecular weight excluding hydrogens is 558 g/mol. The highest BCUT2D eigenvalue weighted by Crippen LogP contribution is 2.20. The Bertz CT molecular complexity index is 1040. The van der Waals surface area contributed by atoms with Crippen molar-refractivity contribution >= 4 is 27.8 Å². The second-order valence-corrected chi connectivity index (χ2v) is 13.5. The topological polar surface area (TPSA) is 185 Å². The molecule has 0 saturated carbocycles. The zero-order chi connectivity index (χ0) is 31.5. The summed E-state index contributed by atoms with van der Waals surface area (Å²) in [5.41, 5.74) is 11.9. The summed E-state index contributed by atoms with van der Waals surface area (Å²) < 4.78 is 28.5. The predicted octanol–water partition coefficient (Wildman–Crippen LogP) is 2.59. The SMILES string of the molecule is CC(C)C[C@@H](CCCCN)C(=O)N[C@@H](CCCCN)CN(CC(=O)N[C@H](C)CCC(=O)O)S(=O)(=O)Cc1ccccc1. The van der Waals surface area contributed by atoms with E-state index in [0.29, 0.717) is 50.3 Å². The van der Waals surface area contributed by atoms with Gasteiger partial charge in [0.15, 0.2) is 0 Å². The van der Waals surface area contributed by atoms with E-state index >= 15 is 0 Å². The fraction of sp³-hybridized carbons (Fsp3) is 0.700. The molecule has 12 heteroatoms. The second kappa shape index (κ2) is 20.4. The molecule has 1 aromatic rings. The number of hydrogen-bond donors (Lipinski definition) is 5. The number of hydrogen-bond acceptors (Lipinski definition) is 7. The van der Waals surface area contributed by atoms with E-state index < -0.39 is 40.5 Å². The van der Waals surface area contributed by atoms with Crippen LogP contribution in [0.4, 0.5) is 0 Å². The molecule has 0 radical (unpaired) electrons. The number of carboxylic acids is 1. The second-order valence-electron chi connectivity index (χ2n) is 11.5. The third-order valence-corrected chi connectivity index (χ3v) is 8.78. The van der Waals surface area contributed by atoms with Crippen LogP contribution in [-0.2, 0) is 30.2 Å². The molecule has 2 amide bonds. The Morgan fingerprint density at radius 2 is 1.52 bits per heavy atom. The number of carboxylic acid groups (broad SMARTS) is 1. The van der Waals surface area contributed by atoms with Gasteiger partial charge in [0.05, 0.1) is 12.3 Å². The number of carbonyl (C=O) groups is 3. The van der Waals surface area contributed by atoms with Crippen LogP contribution in [0.3, 0.4) is 0 Å². The molecular formula is C30H53N5O6S. The largest absolute Gasteiger partial charge is 0.481 e. The van der Waals surface area contributed by atoms with Gasteiger partial charge < -0.3 is 27.2 Å². The van der Waals surface area contributed by atoms with Gasteiger partial charge in [-0.2, -0.15) is 4.31 Å². The minimum atomic E-state index is -3.96. The monoisotopic (exact) mass is 611 g/mol. The molecule has 240 valence electrons. The van der Waals surface area contributed by atoms with E-state index in [4.69, 9.17) is 16.6 Å². The standard InChI is InChI=1S/C30H53N5O6S/c1-23(2)19-26(13-7-9-17-31)30(39)34-27(14-8-10-18-32)20-35(21-28(36)33-24(3)15-16-29(37)38)42(40,41)22-25-11-5-4-6-12-25/h4-6,11-12,23-24,26-27H,7-10,13-22,31-32H2,1-3H3,(H,33,36)(H,34,39)(H,37,38)/t24-,26-,27+/m1/s1. The Morgan fingerprint density at radius 1 is 0.905 bits per heavy atom. The maximum absolute atomic E-state index is 13.7. The molecule has 0 unspecified atom stereocenters. The van der Waals surface area contributed by atoms with Gasteiger partial charge in [0, 0.05) is 31.0 Å². The normalized spacial score (nSPS) is 14.0. The molecule has 0 aromatic heterocycles.